The highest BCUT2D eigenvalue weighted by atomic mass is 19.1. The minimum Gasteiger partial charge on any atom is -0.326 e. The van der Waals surface area contributed by atoms with Crippen molar-refractivity contribution in [1.82, 2.24) is 5.32 Å². The maximum absolute atomic E-state index is 14.4. The van der Waals surface area contributed by atoms with Gasteiger partial charge in [0.25, 0.3) is 0 Å². The molecule has 1 aromatic carbocycles. The van der Waals surface area contributed by atoms with Gasteiger partial charge in [-0.15, -0.1) is 0 Å². The third-order valence-corrected chi connectivity index (χ3v) is 4.66. The summed E-state index contributed by atoms with van der Waals surface area (Å²) in [5, 5.41) is 6.02. The molecule has 20 heavy (non-hydrogen) atoms. The second-order valence-corrected chi connectivity index (χ2v) is 6.04. The molecular formula is C16H21FN2O. The fourth-order valence-corrected chi connectivity index (χ4v) is 3.26. The minimum absolute atomic E-state index is 0.0267. The van der Waals surface area contributed by atoms with Crippen LogP contribution in [-0.2, 0) is 11.2 Å². The summed E-state index contributed by atoms with van der Waals surface area (Å²) in [7, 11) is 1.89. The Hall–Kier alpha value is -1.42. The van der Waals surface area contributed by atoms with Gasteiger partial charge in [0, 0.05) is 23.7 Å². The summed E-state index contributed by atoms with van der Waals surface area (Å²) in [5.74, 6) is 0.896. The molecule has 1 aliphatic carbocycles. The molecular weight excluding hydrogens is 255 g/mol. The monoisotopic (exact) mass is 276 g/mol. The van der Waals surface area contributed by atoms with Crippen LogP contribution in [-0.4, -0.2) is 13.0 Å². The van der Waals surface area contributed by atoms with Crippen molar-refractivity contribution in [1.29, 1.82) is 0 Å². The first kappa shape index (κ1) is 13.6. The van der Waals surface area contributed by atoms with Crippen LogP contribution in [0.3, 0.4) is 0 Å². The highest BCUT2D eigenvalue weighted by molar-refractivity contribution is 5.93. The second kappa shape index (κ2) is 5.17. The van der Waals surface area contributed by atoms with E-state index < -0.39 is 0 Å². The number of rotatable bonds is 4. The van der Waals surface area contributed by atoms with E-state index in [0.717, 1.165) is 11.1 Å². The summed E-state index contributed by atoms with van der Waals surface area (Å²) >= 11 is 0. The number of nitrogens with one attached hydrogen (secondary N) is 2. The lowest BCUT2D eigenvalue weighted by molar-refractivity contribution is -0.116. The molecule has 2 N–H and O–H groups in total. The first-order valence-corrected chi connectivity index (χ1v) is 7.39. The summed E-state index contributed by atoms with van der Waals surface area (Å²) in [6.45, 7) is 2.19. The third kappa shape index (κ3) is 2.44. The van der Waals surface area contributed by atoms with Gasteiger partial charge >= 0.3 is 0 Å². The summed E-state index contributed by atoms with van der Waals surface area (Å²) < 4.78 is 14.4. The molecule has 108 valence electrons. The van der Waals surface area contributed by atoms with Gasteiger partial charge in [0.05, 0.1) is 0 Å². The molecule has 0 aromatic heterocycles. The molecule has 3 rings (SSSR count). The van der Waals surface area contributed by atoms with Gasteiger partial charge in [0.15, 0.2) is 0 Å². The number of benzene rings is 1. The van der Waals surface area contributed by atoms with Gasteiger partial charge in [-0.2, -0.15) is 0 Å². The quantitative estimate of drug-likeness (QED) is 0.887. The molecule has 1 aromatic rings. The maximum Gasteiger partial charge on any atom is 0.224 e. The van der Waals surface area contributed by atoms with Crippen molar-refractivity contribution < 1.29 is 9.18 Å². The van der Waals surface area contributed by atoms with Crippen LogP contribution in [0.5, 0.6) is 0 Å². The van der Waals surface area contributed by atoms with Crippen molar-refractivity contribution in [2.45, 2.75) is 38.6 Å². The number of hydrogen-bond acceptors (Lipinski definition) is 2. The molecule has 3 nitrogen and oxygen atoms in total. The van der Waals surface area contributed by atoms with Gasteiger partial charge in [-0.1, -0.05) is 6.92 Å². The summed E-state index contributed by atoms with van der Waals surface area (Å²) in [6.07, 6.45) is 3.69. The van der Waals surface area contributed by atoms with Crippen LogP contribution in [0.2, 0.25) is 0 Å². The molecule has 1 heterocycles. The highest BCUT2D eigenvalue weighted by Crippen LogP contribution is 2.43. The van der Waals surface area contributed by atoms with E-state index in [1.807, 2.05) is 13.1 Å². The molecule has 1 saturated carbocycles. The standard InChI is InChI=1S/C16H21FN2O/c1-9(10-3-4-10)16(18-2)12-7-11-5-6-15(20)19-14(11)8-13(12)17/h7-10,16,18H,3-6H2,1-2H3,(H,19,20). The average Bonchev–Trinajstić information content (AvgIpc) is 3.24. The third-order valence-electron chi connectivity index (χ3n) is 4.66. The van der Waals surface area contributed by atoms with Crippen molar-refractivity contribution in [2.75, 3.05) is 12.4 Å². The lowest BCUT2D eigenvalue weighted by atomic mass is 9.88. The molecule has 4 heteroatoms. The zero-order valence-corrected chi connectivity index (χ0v) is 12.0. The zero-order valence-electron chi connectivity index (χ0n) is 12.0. The van der Waals surface area contributed by atoms with Crippen LogP contribution in [0.15, 0.2) is 12.1 Å². The van der Waals surface area contributed by atoms with Gasteiger partial charge in [0.2, 0.25) is 5.91 Å². The van der Waals surface area contributed by atoms with E-state index in [9.17, 15) is 9.18 Å². The number of fused-ring (bicyclic) bond motifs is 1. The first-order valence-electron chi connectivity index (χ1n) is 7.39. The number of hydrogen-bond donors (Lipinski definition) is 2. The van der Waals surface area contributed by atoms with Crippen molar-refractivity contribution in [3.63, 3.8) is 0 Å². The van der Waals surface area contributed by atoms with Gasteiger partial charge in [-0.3, -0.25) is 4.79 Å². The number of carbonyl (C=O) groups is 1. The van der Waals surface area contributed by atoms with E-state index in [0.29, 0.717) is 30.4 Å². The molecule has 0 spiro atoms. The number of anilines is 1. The molecule has 0 saturated heterocycles. The largest absolute Gasteiger partial charge is 0.326 e. The van der Waals surface area contributed by atoms with E-state index in [2.05, 4.69) is 17.6 Å². The minimum atomic E-state index is -0.224. The van der Waals surface area contributed by atoms with Crippen LogP contribution in [0, 0.1) is 17.7 Å². The van der Waals surface area contributed by atoms with E-state index in [-0.39, 0.29) is 17.8 Å². The smallest absolute Gasteiger partial charge is 0.224 e. The lowest BCUT2D eigenvalue weighted by Crippen LogP contribution is -2.27. The lowest BCUT2D eigenvalue weighted by Gasteiger charge is -2.26. The Morgan fingerprint density at radius 3 is 2.75 bits per heavy atom. The van der Waals surface area contributed by atoms with Crippen LogP contribution in [0.4, 0.5) is 10.1 Å². The average molecular weight is 276 g/mol. The Morgan fingerprint density at radius 1 is 1.35 bits per heavy atom. The highest BCUT2D eigenvalue weighted by Gasteiger charge is 2.34. The van der Waals surface area contributed by atoms with Gasteiger partial charge in [0.1, 0.15) is 5.82 Å². The summed E-state index contributed by atoms with van der Waals surface area (Å²) in [5.41, 5.74) is 2.42. The maximum atomic E-state index is 14.4. The molecule has 2 atom stereocenters. The van der Waals surface area contributed by atoms with E-state index in [1.54, 1.807) is 0 Å². The Balaban J connectivity index is 1.94. The number of aryl methyl sites for hydroxylation is 1. The topological polar surface area (TPSA) is 41.1 Å². The molecule has 1 fully saturated rings. The van der Waals surface area contributed by atoms with Crippen molar-refractivity contribution in [2.24, 2.45) is 11.8 Å². The first-order chi connectivity index (χ1) is 9.60. The molecule has 0 radical (unpaired) electrons. The normalized spacial score (nSPS) is 21.1. The molecule has 0 bridgehead atoms. The molecule has 1 amide bonds. The van der Waals surface area contributed by atoms with E-state index in [4.69, 9.17) is 0 Å². The molecule has 2 aliphatic rings. The summed E-state index contributed by atoms with van der Waals surface area (Å²) in [6, 6.07) is 3.46. The van der Waals surface area contributed by atoms with E-state index >= 15 is 0 Å². The van der Waals surface area contributed by atoms with Crippen LogP contribution in [0.25, 0.3) is 0 Å². The zero-order chi connectivity index (χ0) is 14.3. The van der Waals surface area contributed by atoms with Gasteiger partial charge in [-0.05, 0) is 55.8 Å². The van der Waals surface area contributed by atoms with Gasteiger partial charge < -0.3 is 10.6 Å². The Bertz CT molecular complexity index is 540. The Kier molecular flexibility index (Phi) is 3.50. The van der Waals surface area contributed by atoms with Crippen LogP contribution < -0.4 is 10.6 Å². The fourth-order valence-electron chi connectivity index (χ4n) is 3.26. The van der Waals surface area contributed by atoms with Crippen molar-refractivity contribution >= 4 is 11.6 Å². The van der Waals surface area contributed by atoms with Crippen LogP contribution >= 0.6 is 0 Å². The second-order valence-electron chi connectivity index (χ2n) is 6.04. The van der Waals surface area contributed by atoms with Crippen molar-refractivity contribution in [3.05, 3.63) is 29.1 Å². The fraction of sp³-hybridized carbons (Fsp3) is 0.562. The Labute approximate surface area is 118 Å². The number of halogens is 1. The predicted octanol–water partition coefficient (Wildman–Crippen LogP) is 3.02. The summed E-state index contributed by atoms with van der Waals surface area (Å²) in [4.78, 5) is 11.4. The Morgan fingerprint density at radius 2 is 2.10 bits per heavy atom. The van der Waals surface area contributed by atoms with Crippen LogP contribution in [0.1, 0.15) is 43.4 Å². The van der Waals surface area contributed by atoms with Crippen molar-refractivity contribution in [3.8, 4) is 0 Å². The van der Waals surface area contributed by atoms with Gasteiger partial charge in [-0.25, -0.2) is 4.39 Å². The van der Waals surface area contributed by atoms with E-state index in [1.165, 1.54) is 18.9 Å². The number of amides is 1. The SMILES string of the molecule is CNC(c1cc2c(cc1F)NC(=O)CC2)C(C)C1CC1. The molecule has 2 unspecified atom stereocenters. The molecule has 1 aliphatic heterocycles. The number of carbonyl (C=O) groups excluding carboxylic acids is 1. The predicted molar refractivity (Wildman–Crippen MR) is 77.0 cm³/mol.